The van der Waals surface area contributed by atoms with E-state index >= 15 is 0 Å². The molecule has 0 spiro atoms. The minimum absolute atomic E-state index is 1.21. The Labute approximate surface area is 142 Å². The van der Waals surface area contributed by atoms with Crippen LogP contribution in [0.3, 0.4) is 0 Å². The maximum atomic E-state index is 9.44. The van der Waals surface area contributed by atoms with Crippen molar-refractivity contribution in [2.24, 2.45) is 0 Å². The first kappa shape index (κ1) is 22.3. The van der Waals surface area contributed by atoms with E-state index in [1.54, 1.807) is 0 Å². The van der Waals surface area contributed by atoms with E-state index in [1.165, 1.54) is 5.69 Å². The highest BCUT2D eigenvalue weighted by Gasteiger charge is 2.05. The summed E-state index contributed by atoms with van der Waals surface area (Å²) in [7, 11) is 4.05. The zero-order valence-electron chi connectivity index (χ0n) is 11.1. The Balaban J connectivity index is 0. The van der Waals surface area contributed by atoms with Crippen LogP contribution >= 0.6 is 46.4 Å². The van der Waals surface area contributed by atoms with Crippen LogP contribution in [0.25, 0.3) is 0 Å². The Kier molecular flexibility index (Phi) is 13.6. The number of anilines is 1. The Morgan fingerprint density at radius 3 is 1.62 bits per heavy atom. The largest absolute Gasteiger partial charge is 0.547 e. The number of nitrogens with zero attached hydrogens (tertiary/aromatic N) is 1. The van der Waals surface area contributed by atoms with Gasteiger partial charge in [0.05, 0.1) is 5.97 Å². The third-order valence-electron chi connectivity index (χ3n) is 1.58. The van der Waals surface area contributed by atoms with Crippen molar-refractivity contribution in [1.82, 2.24) is 0 Å². The number of pyridine rings is 1. The molecule has 0 radical (unpaired) electrons. The number of carboxylic acid groups (broad SMARTS) is 2. The molecule has 0 aromatic carbocycles. The number of carboxylic acids is 2. The van der Waals surface area contributed by atoms with Gasteiger partial charge in [0.25, 0.3) is 0 Å². The summed E-state index contributed by atoms with van der Waals surface area (Å²) in [6, 6.07) is 4.06. The van der Waals surface area contributed by atoms with Crippen LogP contribution in [0.15, 0.2) is 24.5 Å². The van der Waals surface area contributed by atoms with Gasteiger partial charge in [0.2, 0.25) is 4.84 Å². The Morgan fingerprint density at radius 2 is 1.48 bits per heavy atom. The maximum Gasteiger partial charge on any atom is 0.337 e. The zero-order valence-corrected chi connectivity index (χ0v) is 14.1. The SMILES string of the molecule is CN(C)c1cc[nH+]cc1.O=C(O)C(Cl)Cl.O=C([O-])C(Cl)Cl. The van der Waals surface area contributed by atoms with Crippen LogP contribution in [0.5, 0.6) is 0 Å². The van der Waals surface area contributed by atoms with E-state index in [9.17, 15) is 14.7 Å². The van der Waals surface area contributed by atoms with Gasteiger partial charge in [-0.15, -0.1) is 0 Å². The molecule has 0 fully saturated rings. The number of aromatic nitrogens is 1. The standard InChI is InChI=1S/C7H10N2.2C2H2Cl2O2/c1-9(2)7-3-5-8-6-4-7;2*3-1(4)2(5)6/h3-6H,1-2H3;2*1H,(H,5,6). The minimum atomic E-state index is -1.46. The number of halogens is 4. The van der Waals surface area contributed by atoms with Crippen LogP contribution < -0.4 is 15.0 Å². The third kappa shape index (κ3) is 15.3. The Hall–Kier alpha value is -0.950. The highest BCUT2D eigenvalue weighted by molar-refractivity contribution is 6.53. The number of alkyl halides is 4. The number of H-pyrrole nitrogens is 1. The summed E-state index contributed by atoms with van der Waals surface area (Å²) in [5.41, 5.74) is 1.22. The van der Waals surface area contributed by atoms with Gasteiger partial charge in [-0.05, 0) is 0 Å². The molecule has 21 heavy (non-hydrogen) atoms. The van der Waals surface area contributed by atoms with Crippen molar-refractivity contribution in [1.29, 1.82) is 0 Å². The highest BCUT2D eigenvalue weighted by atomic mass is 35.5. The van der Waals surface area contributed by atoms with Gasteiger partial charge in [0.15, 0.2) is 12.4 Å². The molecule has 0 bridgehead atoms. The molecule has 10 heteroatoms. The normalized spacial score (nSPS) is 9.14. The number of hydrogen-bond acceptors (Lipinski definition) is 4. The lowest BCUT2D eigenvalue weighted by atomic mass is 10.4. The average molecular weight is 380 g/mol. The quantitative estimate of drug-likeness (QED) is 0.790. The number of carbonyl (C=O) groups excluding carboxylic acids is 1. The molecule has 0 aliphatic carbocycles. The number of hydrogen-bond donors (Lipinski definition) is 1. The molecule has 2 N–H and O–H groups in total. The molecule has 1 heterocycles. The van der Waals surface area contributed by atoms with E-state index in [1.807, 2.05) is 38.6 Å². The van der Waals surface area contributed by atoms with Crippen molar-refractivity contribution in [2.75, 3.05) is 19.0 Å². The predicted molar refractivity (Wildman–Crippen MR) is 81.0 cm³/mol. The Morgan fingerprint density at radius 1 is 1.14 bits per heavy atom. The van der Waals surface area contributed by atoms with E-state index in [4.69, 9.17) is 51.5 Å². The number of aromatic amines is 1. The van der Waals surface area contributed by atoms with Crippen LogP contribution in [0.1, 0.15) is 0 Å². The summed E-state index contributed by atoms with van der Waals surface area (Å²) >= 11 is 19.0. The van der Waals surface area contributed by atoms with Crippen LogP contribution in [0, 0.1) is 0 Å². The fourth-order valence-electron chi connectivity index (χ4n) is 0.676. The van der Waals surface area contributed by atoms with Crippen molar-refractivity contribution >= 4 is 64.0 Å². The van der Waals surface area contributed by atoms with Crippen molar-refractivity contribution in [3.63, 3.8) is 0 Å². The van der Waals surface area contributed by atoms with Crippen molar-refractivity contribution in [2.45, 2.75) is 9.67 Å². The van der Waals surface area contributed by atoms with Gasteiger partial charge >= 0.3 is 5.97 Å². The summed E-state index contributed by atoms with van der Waals surface area (Å²) < 4.78 is 0. The molecule has 0 aliphatic rings. The number of carbonyl (C=O) groups is 2. The van der Waals surface area contributed by atoms with Crippen molar-refractivity contribution in [3.05, 3.63) is 24.5 Å². The number of aliphatic carboxylic acids is 2. The predicted octanol–water partition coefficient (Wildman–Crippen LogP) is 0.981. The van der Waals surface area contributed by atoms with Gasteiger partial charge < -0.3 is 19.9 Å². The lowest BCUT2D eigenvalue weighted by Gasteiger charge is -2.08. The molecule has 0 aliphatic heterocycles. The molecule has 1 aromatic rings. The van der Waals surface area contributed by atoms with Crippen LogP contribution in [0.2, 0.25) is 0 Å². The lowest BCUT2D eigenvalue weighted by Crippen LogP contribution is -2.28. The zero-order chi connectivity index (χ0) is 17.0. The molecule has 0 atom stereocenters. The first-order valence-electron chi connectivity index (χ1n) is 5.23. The van der Waals surface area contributed by atoms with Crippen LogP contribution in [-0.4, -0.2) is 40.8 Å². The number of nitrogens with one attached hydrogen (secondary N) is 1. The molecule has 0 saturated heterocycles. The average Bonchev–Trinajstić information content (AvgIpc) is 2.40. The molecule has 0 saturated carbocycles. The van der Waals surface area contributed by atoms with Gasteiger partial charge in [-0.2, -0.15) is 0 Å². The van der Waals surface area contributed by atoms with Gasteiger partial charge in [-0.3, -0.25) is 0 Å². The monoisotopic (exact) mass is 378 g/mol. The van der Waals surface area contributed by atoms with Gasteiger partial charge in [0, 0.05) is 31.9 Å². The first-order chi connectivity index (χ1) is 9.59. The van der Waals surface area contributed by atoms with E-state index in [2.05, 4.69) is 9.88 Å². The van der Waals surface area contributed by atoms with E-state index in [0.29, 0.717) is 0 Å². The summed E-state index contributed by atoms with van der Waals surface area (Å²) in [6.07, 6.45) is 3.82. The van der Waals surface area contributed by atoms with Gasteiger partial charge in [-0.25, -0.2) is 9.78 Å². The Bertz CT molecular complexity index is 398. The summed E-state index contributed by atoms with van der Waals surface area (Å²) in [5.74, 6) is -2.67. The second kappa shape index (κ2) is 12.8. The van der Waals surface area contributed by atoms with Crippen molar-refractivity contribution in [3.8, 4) is 0 Å². The molecule has 1 rings (SSSR count). The molecule has 1 aromatic heterocycles. The first-order valence-corrected chi connectivity index (χ1v) is 6.97. The molecular formula is C11H14Cl4N2O4. The second-order valence-electron chi connectivity index (χ2n) is 3.41. The second-order valence-corrected chi connectivity index (χ2v) is 5.60. The summed E-state index contributed by atoms with van der Waals surface area (Å²) in [5, 5.41) is 17.1. The fraction of sp³-hybridized carbons (Fsp3) is 0.364. The van der Waals surface area contributed by atoms with Crippen LogP contribution in [-0.2, 0) is 9.59 Å². The lowest BCUT2D eigenvalue weighted by molar-refractivity contribution is -0.377. The van der Waals surface area contributed by atoms with E-state index in [0.717, 1.165) is 0 Å². The third-order valence-corrected chi connectivity index (χ3v) is 2.31. The molecule has 0 unspecified atom stereocenters. The number of rotatable bonds is 3. The van der Waals surface area contributed by atoms with Crippen molar-refractivity contribution < 1.29 is 24.8 Å². The van der Waals surface area contributed by atoms with Gasteiger partial charge in [0.1, 0.15) is 4.84 Å². The maximum absolute atomic E-state index is 9.44. The van der Waals surface area contributed by atoms with E-state index < -0.39 is 21.6 Å². The van der Waals surface area contributed by atoms with Gasteiger partial charge in [-0.1, -0.05) is 46.4 Å². The van der Waals surface area contributed by atoms with Crippen LogP contribution in [0.4, 0.5) is 5.69 Å². The molecule has 6 nitrogen and oxygen atoms in total. The topological polar surface area (TPSA) is 94.8 Å². The highest BCUT2D eigenvalue weighted by Crippen LogP contribution is 2.04. The fourth-order valence-corrected chi connectivity index (χ4v) is 0.676. The molecule has 0 amide bonds. The van der Waals surface area contributed by atoms with E-state index in [-0.39, 0.29) is 0 Å². The summed E-state index contributed by atoms with van der Waals surface area (Å²) in [4.78, 5) is 21.1. The molecule has 120 valence electrons. The molecular weight excluding hydrogens is 366 g/mol. The smallest absolute Gasteiger partial charge is 0.337 e. The summed E-state index contributed by atoms with van der Waals surface area (Å²) in [6.45, 7) is 0. The minimum Gasteiger partial charge on any atom is -0.547 e.